The quantitative estimate of drug-likeness (QED) is 0.351. The predicted molar refractivity (Wildman–Crippen MR) is 130 cm³/mol. The summed E-state index contributed by atoms with van der Waals surface area (Å²) in [5.41, 5.74) is 2.32. The monoisotopic (exact) mass is 486 g/mol. The Labute approximate surface area is 205 Å². The molecule has 1 amide bonds. The molecule has 0 saturated carbocycles. The molecule has 0 radical (unpaired) electrons. The summed E-state index contributed by atoms with van der Waals surface area (Å²) in [6.45, 7) is 4.24. The second-order valence-corrected chi connectivity index (χ2v) is 8.54. The van der Waals surface area contributed by atoms with Gasteiger partial charge in [0.2, 0.25) is 5.91 Å². The first-order chi connectivity index (χ1) is 16.4. The number of halogens is 1. The highest BCUT2D eigenvalue weighted by atomic mass is 35.5. The molecule has 2 unspecified atom stereocenters. The number of hydrogen-bond donors (Lipinski definition) is 0. The number of aromatic nitrogens is 1. The number of esters is 1. The van der Waals surface area contributed by atoms with Crippen LogP contribution in [0.15, 0.2) is 53.9 Å². The van der Waals surface area contributed by atoms with Gasteiger partial charge in [0.1, 0.15) is 17.5 Å². The van der Waals surface area contributed by atoms with Gasteiger partial charge in [-0.15, -0.1) is 0 Å². The predicted octanol–water partition coefficient (Wildman–Crippen LogP) is 4.89. The van der Waals surface area contributed by atoms with Crippen molar-refractivity contribution in [3.63, 3.8) is 0 Å². The van der Waals surface area contributed by atoms with Crippen LogP contribution >= 0.6 is 11.6 Å². The maximum absolute atomic E-state index is 13.5. The van der Waals surface area contributed by atoms with Gasteiger partial charge in [-0.25, -0.2) is 9.78 Å². The van der Waals surface area contributed by atoms with E-state index < -0.39 is 11.9 Å². The Morgan fingerprint density at radius 1 is 1.24 bits per heavy atom. The van der Waals surface area contributed by atoms with E-state index in [1.165, 1.54) is 0 Å². The molecule has 2 atom stereocenters. The number of allylic oxidation sites excluding steroid dienone is 1. The number of hydrogen-bond acceptors (Lipinski definition) is 6. The minimum atomic E-state index is -0.553. The fraction of sp³-hybridized carbons (Fsp3) is 0.423. The Morgan fingerprint density at radius 2 is 2.00 bits per heavy atom. The van der Waals surface area contributed by atoms with Gasteiger partial charge in [0.05, 0.1) is 25.3 Å². The van der Waals surface area contributed by atoms with Gasteiger partial charge >= 0.3 is 5.97 Å². The molecule has 1 aromatic heterocycles. The smallest absolute Gasteiger partial charge is 0.336 e. The van der Waals surface area contributed by atoms with Crippen LogP contribution in [0.4, 0.5) is 0 Å². The lowest BCUT2D eigenvalue weighted by Crippen LogP contribution is -2.42. The molecule has 0 saturated heterocycles. The van der Waals surface area contributed by atoms with Crippen molar-refractivity contribution in [2.45, 2.75) is 51.7 Å². The number of ether oxygens (including phenoxy) is 3. The number of carbonyl (C=O) groups excluding carboxylic acids is 2. The van der Waals surface area contributed by atoms with E-state index in [1.54, 1.807) is 44.4 Å². The third-order valence-electron chi connectivity index (χ3n) is 6.09. The zero-order valence-corrected chi connectivity index (χ0v) is 20.8. The lowest BCUT2D eigenvalue weighted by molar-refractivity contribution is -0.141. The van der Waals surface area contributed by atoms with Crippen LogP contribution in [-0.4, -0.2) is 48.6 Å². The largest absolute Gasteiger partial charge is 0.496 e. The molecule has 182 valence electrons. The zero-order chi connectivity index (χ0) is 24.7. The highest BCUT2D eigenvalue weighted by Crippen LogP contribution is 2.39. The molecule has 0 N–H and O–H groups in total. The molecule has 0 fully saturated rings. The van der Waals surface area contributed by atoms with Gasteiger partial charge in [0.15, 0.2) is 0 Å². The van der Waals surface area contributed by atoms with Crippen molar-refractivity contribution in [2.24, 2.45) is 0 Å². The van der Waals surface area contributed by atoms with Crippen LogP contribution in [0.3, 0.4) is 0 Å². The molecule has 3 rings (SSSR count). The van der Waals surface area contributed by atoms with E-state index in [0.29, 0.717) is 29.1 Å². The van der Waals surface area contributed by atoms with Crippen LogP contribution in [-0.2, 0) is 25.7 Å². The molecule has 0 bridgehead atoms. The molecule has 1 aliphatic heterocycles. The molecule has 1 aromatic carbocycles. The van der Waals surface area contributed by atoms with Crippen molar-refractivity contribution >= 4 is 23.5 Å². The van der Waals surface area contributed by atoms with Crippen molar-refractivity contribution in [1.82, 2.24) is 9.88 Å². The zero-order valence-electron chi connectivity index (χ0n) is 20.0. The second-order valence-electron chi connectivity index (χ2n) is 8.18. The Bertz CT molecular complexity index is 1050. The normalized spacial score (nSPS) is 17.0. The third kappa shape index (κ3) is 5.77. The summed E-state index contributed by atoms with van der Waals surface area (Å²) in [4.78, 5) is 32.4. The van der Waals surface area contributed by atoms with Crippen LogP contribution in [0.25, 0.3) is 0 Å². The number of pyridine rings is 1. The first kappa shape index (κ1) is 25.7. The Kier molecular flexibility index (Phi) is 9.07. The number of nitrogens with zero attached hydrogens (tertiary/aromatic N) is 2. The molecule has 2 heterocycles. The summed E-state index contributed by atoms with van der Waals surface area (Å²) < 4.78 is 16.7. The van der Waals surface area contributed by atoms with Gasteiger partial charge < -0.3 is 19.1 Å². The summed E-state index contributed by atoms with van der Waals surface area (Å²) in [5, 5.41) is 0.261. The molecular weight excluding hydrogens is 456 g/mol. The van der Waals surface area contributed by atoms with Gasteiger partial charge in [-0.2, -0.15) is 0 Å². The van der Waals surface area contributed by atoms with Crippen molar-refractivity contribution in [1.29, 1.82) is 0 Å². The van der Waals surface area contributed by atoms with Gasteiger partial charge in [-0.05, 0) is 31.0 Å². The van der Waals surface area contributed by atoms with E-state index in [2.05, 4.69) is 11.9 Å². The molecule has 0 aliphatic carbocycles. The first-order valence-corrected chi connectivity index (χ1v) is 11.7. The molecule has 8 heteroatoms. The van der Waals surface area contributed by atoms with E-state index in [1.807, 2.05) is 24.3 Å². The standard InChI is InChI=1S/C26H31ClN2O5/c1-5-9-19(32-3)15-29-17(2)24(21(14-23(29)30)20-11-8-13-28-25(20)27)26(31)34-16-18-10-6-7-12-22(18)33-4/h6-8,10-13,19,21H,5,9,14-16H2,1-4H3. The van der Waals surface area contributed by atoms with Crippen LogP contribution in [0.2, 0.25) is 5.15 Å². The third-order valence-corrected chi connectivity index (χ3v) is 6.40. The van der Waals surface area contributed by atoms with Gasteiger partial charge in [0, 0.05) is 36.9 Å². The summed E-state index contributed by atoms with van der Waals surface area (Å²) in [6.07, 6.45) is 3.26. The van der Waals surface area contributed by atoms with Crippen molar-refractivity contribution in [3.05, 3.63) is 70.1 Å². The van der Waals surface area contributed by atoms with Crippen LogP contribution in [0.1, 0.15) is 50.2 Å². The van der Waals surface area contributed by atoms with Crippen molar-refractivity contribution < 1.29 is 23.8 Å². The topological polar surface area (TPSA) is 78.0 Å². The molecule has 7 nitrogen and oxygen atoms in total. The van der Waals surface area contributed by atoms with Crippen LogP contribution < -0.4 is 4.74 Å². The summed E-state index contributed by atoms with van der Waals surface area (Å²) in [6, 6.07) is 10.9. The highest BCUT2D eigenvalue weighted by Gasteiger charge is 2.38. The van der Waals surface area contributed by atoms with E-state index in [0.717, 1.165) is 18.4 Å². The van der Waals surface area contributed by atoms with E-state index in [-0.39, 0.29) is 30.2 Å². The van der Waals surface area contributed by atoms with E-state index in [9.17, 15) is 9.59 Å². The lowest BCUT2D eigenvalue weighted by atomic mass is 9.84. The first-order valence-electron chi connectivity index (χ1n) is 11.3. The Morgan fingerprint density at radius 3 is 2.68 bits per heavy atom. The van der Waals surface area contributed by atoms with Gasteiger partial charge in [0.25, 0.3) is 0 Å². The molecule has 1 aliphatic rings. The Hall–Kier alpha value is -2.90. The average Bonchev–Trinajstić information content (AvgIpc) is 2.84. The number of benzene rings is 1. The average molecular weight is 487 g/mol. The maximum atomic E-state index is 13.5. The summed E-state index contributed by atoms with van der Waals surface area (Å²) in [7, 11) is 3.20. The minimum Gasteiger partial charge on any atom is -0.496 e. The van der Waals surface area contributed by atoms with Crippen LogP contribution in [0, 0.1) is 0 Å². The number of methoxy groups -OCH3 is 2. The second kappa shape index (κ2) is 12.0. The van der Waals surface area contributed by atoms with Gasteiger partial charge in [-0.1, -0.05) is 49.2 Å². The molecule has 2 aromatic rings. The minimum absolute atomic E-state index is 0.0393. The van der Waals surface area contributed by atoms with Crippen molar-refractivity contribution in [3.8, 4) is 5.75 Å². The maximum Gasteiger partial charge on any atom is 0.336 e. The molecule has 34 heavy (non-hydrogen) atoms. The molecule has 0 spiro atoms. The summed E-state index contributed by atoms with van der Waals surface area (Å²) in [5.74, 6) is -0.518. The van der Waals surface area contributed by atoms with E-state index in [4.69, 9.17) is 25.8 Å². The van der Waals surface area contributed by atoms with Crippen molar-refractivity contribution in [2.75, 3.05) is 20.8 Å². The summed E-state index contributed by atoms with van der Waals surface area (Å²) >= 11 is 6.37. The number of amides is 1. The number of para-hydroxylation sites is 1. The van der Waals surface area contributed by atoms with E-state index >= 15 is 0 Å². The van der Waals surface area contributed by atoms with Crippen LogP contribution in [0.5, 0.6) is 5.75 Å². The lowest BCUT2D eigenvalue weighted by Gasteiger charge is -2.36. The number of carbonyl (C=O) groups is 2. The highest BCUT2D eigenvalue weighted by molar-refractivity contribution is 6.30. The molecular formula is C26H31ClN2O5. The van der Waals surface area contributed by atoms with Gasteiger partial charge in [-0.3, -0.25) is 4.79 Å². The number of rotatable bonds is 10. The Balaban J connectivity index is 1.97. The fourth-order valence-corrected chi connectivity index (χ4v) is 4.53. The SMILES string of the molecule is CCCC(CN1C(=O)CC(c2cccnc2Cl)C(C(=O)OCc2ccccc2OC)=C1C)OC. The fourth-order valence-electron chi connectivity index (χ4n) is 4.28.